The topological polar surface area (TPSA) is 175 Å². The van der Waals surface area contributed by atoms with Crippen molar-refractivity contribution in [3.8, 4) is 0 Å². The molecule has 11 nitrogen and oxygen atoms in total. The molecule has 7 atom stereocenters. The van der Waals surface area contributed by atoms with E-state index in [4.69, 9.17) is 14.2 Å². The van der Waals surface area contributed by atoms with Gasteiger partial charge < -0.3 is 45.1 Å². The summed E-state index contributed by atoms with van der Waals surface area (Å²) in [6, 6.07) is -0.807. The van der Waals surface area contributed by atoms with E-state index >= 15 is 0 Å². The third-order valence-electron chi connectivity index (χ3n) is 19.4. The van der Waals surface area contributed by atoms with Gasteiger partial charge in [0.25, 0.3) is 0 Å². The molecule has 0 aromatic carbocycles. The van der Waals surface area contributed by atoms with Crippen molar-refractivity contribution in [3.63, 3.8) is 0 Å². The number of rotatable bonds is 73. The van der Waals surface area contributed by atoms with Crippen LogP contribution in [0.1, 0.15) is 406 Å². The van der Waals surface area contributed by atoms with Crippen LogP contribution < -0.4 is 5.32 Å². The van der Waals surface area contributed by atoms with Crippen molar-refractivity contribution in [1.29, 1.82) is 0 Å². The van der Waals surface area contributed by atoms with E-state index in [0.29, 0.717) is 19.4 Å². The van der Waals surface area contributed by atoms with Crippen LogP contribution in [0.25, 0.3) is 0 Å². The van der Waals surface area contributed by atoms with Crippen LogP contribution in [0.15, 0.2) is 48.6 Å². The Labute approximate surface area is 580 Å². The molecule has 1 heterocycles. The number of ether oxygens (including phenoxy) is 3. The van der Waals surface area contributed by atoms with Crippen LogP contribution in [0.2, 0.25) is 0 Å². The first-order chi connectivity index (χ1) is 46.2. The Balaban J connectivity index is 1.90. The Hall–Kier alpha value is -2.38. The van der Waals surface area contributed by atoms with Gasteiger partial charge in [0, 0.05) is 12.8 Å². The average Bonchev–Trinajstić information content (AvgIpc) is 0.844. The minimum atomic E-state index is -1.57. The van der Waals surface area contributed by atoms with Gasteiger partial charge in [-0.05, 0) is 83.5 Å². The smallest absolute Gasteiger partial charge is 0.305 e. The standard InChI is InChI=1S/C83H155NO10/c1-3-5-7-9-11-13-15-17-46-49-53-57-61-65-69-76(86)75(74-93-83-82(91)81(90)80(89)77(73-85)94-83)84-78(87)70-66-62-58-54-50-47-43-41-39-37-35-33-31-29-27-25-23-21-19-18-20-22-24-26-28-30-32-34-36-38-40-42-44-48-52-56-60-64-68-72-92-79(88)71-67-63-59-55-51-45-16-14-12-10-8-6-4-2/h8,10,14,16,18-19,65,69,75-77,80-83,85-86,89-91H,3-7,9,11-13,15,17,20-64,66-68,70-74H2,1-2H3,(H,84,87)/b10-8-,16-14-,19-18-,69-65+. The predicted molar refractivity (Wildman–Crippen MR) is 398 cm³/mol. The lowest BCUT2D eigenvalue weighted by Crippen LogP contribution is -2.60. The van der Waals surface area contributed by atoms with Gasteiger partial charge in [-0.2, -0.15) is 0 Å². The fraction of sp³-hybridized carbons (Fsp3) is 0.880. The van der Waals surface area contributed by atoms with E-state index in [0.717, 1.165) is 64.2 Å². The second kappa shape index (κ2) is 71.9. The number of nitrogens with one attached hydrogen (secondary N) is 1. The molecule has 0 bridgehead atoms. The highest BCUT2D eigenvalue weighted by Gasteiger charge is 2.44. The third kappa shape index (κ3) is 59.7. The molecule has 7 unspecified atom stereocenters. The summed E-state index contributed by atoms with van der Waals surface area (Å²) < 4.78 is 16.8. The van der Waals surface area contributed by atoms with Crippen molar-refractivity contribution in [3.05, 3.63) is 48.6 Å². The minimum absolute atomic E-state index is 0.00163. The lowest BCUT2D eigenvalue weighted by atomic mass is 9.99. The molecular formula is C83H155NO10. The Bertz CT molecular complexity index is 1700. The van der Waals surface area contributed by atoms with E-state index in [-0.39, 0.29) is 18.5 Å². The summed E-state index contributed by atoms with van der Waals surface area (Å²) >= 11 is 0. The Kier molecular flexibility index (Phi) is 68.5. The van der Waals surface area contributed by atoms with E-state index in [9.17, 15) is 35.1 Å². The van der Waals surface area contributed by atoms with E-state index < -0.39 is 49.5 Å². The summed E-state index contributed by atoms with van der Waals surface area (Å²) in [5.41, 5.74) is 0. The maximum Gasteiger partial charge on any atom is 0.305 e. The first-order valence-electron chi connectivity index (χ1n) is 40.9. The molecule has 1 rings (SSSR count). The maximum atomic E-state index is 13.1. The van der Waals surface area contributed by atoms with Gasteiger partial charge in [0.05, 0.1) is 32.0 Å². The number of aliphatic hydroxyl groups excluding tert-OH is 5. The number of carbonyl (C=O) groups is 2. The van der Waals surface area contributed by atoms with Crippen LogP contribution in [0.4, 0.5) is 0 Å². The summed E-state index contributed by atoms with van der Waals surface area (Å²) in [5.74, 6) is -0.173. The molecule has 11 heteroatoms. The Morgan fingerprint density at radius 3 is 1.13 bits per heavy atom. The molecule has 1 fully saturated rings. The van der Waals surface area contributed by atoms with Gasteiger partial charge >= 0.3 is 5.97 Å². The fourth-order valence-corrected chi connectivity index (χ4v) is 13.0. The van der Waals surface area contributed by atoms with Crippen LogP contribution in [0, 0.1) is 0 Å². The van der Waals surface area contributed by atoms with Crippen LogP contribution in [-0.2, 0) is 23.8 Å². The molecule has 1 saturated heterocycles. The second-order valence-electron chi connectivity index (χ2n) is 28.5. The number of esters is 1. The van der Waals surface area contributed by atoms with Crippen LogP contribution in [0.5, 0.6) is 0 Å². The number of hydrogen-bond acceptors (Lipinski definition) is 10. The highest BCUT2D eigenvalue weighted by molar-refractivity contribution is 5.76. The summed E-state index contributed by atoms with van der Waals surface area (Å²) in [7, 11) is 0. The Morgan fingerprint density at radius 2 is 0.734 bits per heavy atom. The summed E-state index contributed by atoms with van der Waals surface area (Å²) in [5, 5.41) is 54.6. The molecule has 0 radical (unpaired) electrons. The zero-order valence-corrected chi connectivity index (χ0v) is 61.7. The largest absolute Gasteiger partial charge is 0.466 e. The molecule has 1 amide bonds. The lowest BCUT2D eigenvalue weighted by molar-refractivity contribution is -0.302. The normalized spacial score (nSPS) is 17.6. The van der Waals surface area contributed by atoms with E-state index in [1.165, 1.54) is 315 Å². The van der Waals surface area contributed by atoms with Gasteiger partial charge in [0.2, 0.25) is 5.91 Å². The van der Waals surface area contributed by atoms with Gasteiger partial charge in [-0.25, -0.2) is 0 Å². The van der Waals surface area contributed by atoms with Gasteiger partial charge in [-0.3, -0.25) is 9.59 Å². The Morgan fingerprint density at radius 1 is 0.394 bits per heavy atom. The minimum Gasteiger partial charge on any atom is -0.466 e. The summed E-state index contributed by atoms with van der Waals surface area (Å²) in [4.78, 5) is 25.2. The molecule has 1 aliphatic heterocycles. The van der Waals surface area contributed by atoms with Gasteiger partial charge in [-0.1, -0.05) is 358 Å². The van der Waals surface area contributed by atoms with Crippen LogP contribution in [0.3, 0.4) is 0 Å². The predicted octanol–water partition coefficient (Wildman–Crippen LogP) is 22.3. The fourth-order valence-electron chi connectivity index (χ4n) is 13.0. The number of hydrogen-bond donors (Lipinski definition) is 6. The number of allylic oxidation sites excluding steroid dienone is 7. The van der Waals surface area contributed by atoms with E-state index in [1.807, 2.05) is 6.08 Å². The zero-order valence-electron chi connectivity index (χ0n) is 61.7. The molecule has 0 spiro atoms. The molecule has 0 aromatic rings. The molecule has 0 aromatic heterocycles. The number of carbonyl (C=O) groups excluding carboxylic acids is 2. The van der Waals surface area contributed by atoms with Gasteiger partial charge in [-0.15, -0.1) is 0 Å². The van der Waals surface area contributed by atoms with Crippen LogP contribution >= 0.6 is 0 Å². The molecule has 6 N–H and O–H groups in total. The van der Waals surface area contributed by atoms with Crippen molar-refractivity contribution in [2.24, 2.45) is 0 Å². The summed E-state index contributed by atoms with van der Waals surface area (Å²) in [6.07, 6.45) is 85.8. The quantitative estimate of drug-likeness (QED) is 0.0195. The monoisotopic (exact) mass is 1330 g/mol. The number of amides is 1. The SMILES string of the molecule is CCC/C=C\C/C=C\CCCCCCCC(=O)OCCCCCCCCCCCCCCCCCCCC/C=C\CCCCCCCCCCCCCCCCCCCC(=O)NC(COC1OC(CO)C(O)C(O)C1O)C(O)/C=C/CCCCCCCCCCCCCC. The maximum absolute atomic E-state index is 13.1. The molecule has 1 aliphatic rings. The number of unbranched alkanes of at least 4 members (excludes halogenated alkanes) is 53. The highest BCUT2D eigenvalue weighted by atomic mass is 16.7. The molecule has 552 valence electrons. The van der Waals surface area contributed by atoms with Gasteiger partial charge in [0.1, 0.15) is 24.4 Å². The zero-order chi connectivity index (χ0) is 67.9. The van der Waals surface area contributed by atoms with Crippen molar-refractivity contribution in [2.45, 2.75) is 448 Å². The molecule has 0 aliphatic carbocycles. The molecule has 94 heavy (non-hydrogen) atoms. The van der Waals surface area contributed by atoms with Crippen molar-refractivity contribution in [2.75, 3.05) is 19.8 Å². The van der Waals surface area contributed by atoms with Crippen molar-refractivity contribution in [1.82, 2.24) is 5.32 Å². The summed E-state index contributed by atoms with van der Waals surface area (Å²) in [6.45, 7) is 4.33. The van der Waals surface area contributed by atoms with Crippen molar-refractivity contribution < 1.29 is 49.3 Å². The van der Waals surface area contributed by atoms with Crippen molar-refractivity contribution >= 4 is 11.9 Å². The van der Waals surface area contributed by atoms with E-state index in [1.54, 1.807) is 6.08 Å². The third-order valence-corrected chi connectivity index (χ3v) is 19.4. The molecule has 0 saturated carbocycles. The number of aliphatic hydroxyl groups is 5. The van der Waals surface area contributed by atoms with Crippen LogP contribution in [-0.4, -0.2) is 100 Å². The molecular weight excluding hydrogens is 1170 g/mol. The first-order valence-corrected chi connectivity index (χ1v) is 40.9. The average molecular weight is 1330 g/mol. The first kappa shape index (κ1) is 89.6. The second-order valence-corrected chi connectivity index (χ2v) is 28.5. The lowest BCUT2D eigenvalue weighted by Gasteiger charge is -2.40. The van der Waals surface area contributed by atoms with E-state index in [2.05, 4.69) is 55.6 Å². The highest BCUT2D eigenvalue weighted by Crippen LogP contribution is 2.24. The van der Waals surface area contributed by atoms with Gasteiger partial charge in [0.15, 0.2) is 6.29 Å².